The Morgan fingerprint density at radius 3 is 2.63 bits per heavy atom. The molecule has 156 valence electrons. The Balaban J connectivity index is 1.67. The highest BCUT2D eigenvalue weighted by Gasteiger charge is 2.37. The molecule has 1 aromatic heterocycles. The number of fused-ring (bicyclic) bond motifs is 1. The van der Waals surface area contributed by atoms with Crippen molar-refractivity contribution in [2.75, 3.05) is 10.7 Å². The van der Waals surface area contributed by atoms with Crippen molar-refractivity contribution in [1.82, 2.24) is 14.9 Å². The van der Waals surface area contributed by atoms with Gasteiger partial charge in [-0.2, -0.15) is 0 Å². The number of carbonyl (C=O) groups is 1. The maximum Gasteiger partial charge on any atom is 0.240 e. The molecule has 6 nitrogen and oxygen atoms in total. The first-order chi connectivity index (χ1) is 14.6. The predicted octanol–water partition coefficient (Wildman–Crippen LogP) is 4.50. The minimum absolute atomic E-state index is 0.0368. The van der Waals surface area contributed by atoms with Crippen LogP contribution >= 0.6 is 11.8 Å². The number of rotatable bonds is 6. The van der Waals surface area contributed by atoms with Crippen LogP contribution in [0.15, 0.2) is 53.7 Å². The third-order valence-corrected chi connectivity index (χ3v) is 6.54. The number of aromatic nitrogens is 3. The Morgan fingerprint density at radius 1 is 1.13 bits per heavy atom. The molecule has 1 aliphatic rings. The highest BCUT2D eigenvalue weighted by Crippen LogP contribution is 2.38. The van der Waals surface area contributed by atoms with E-state index in [-0.39, 0.29) is 17.2 Å². The van der Waals surface area contributed by atoms with Gasteiger partial charge < -0.3 is 10.7 Å². The first-order valence-electron chi connectivity index (χ1n) is 10.4. The summed E-state index contributed by atoms with van der Waals surface area (Å²) in [4.78, 5) is 13.4. The van der Waals surface area contributed by atoms with Crippen LogP contribution in [-0.4, -0.2) is 26.0 Å². The Labute approximate surface area is 181 Å². The molecule has 0 radical (unpaired) electrons. The molecule has 0 saturated carbocycles. The molecule has 0 fully saturated rings. The van der Waals surface area contributed by atoms with Gasteiger partial charge in [0.2, 0.25) is 11.1 Å². The fourth-order valence-corrected chi connectivity index (χ4v) is 4.76. The Hall–Kier alpha value is -2.80. The number of thioether (sulfide) groups is 1. The molecule has 0 spiro atoms. The molecule has 2 heterocycles. The predicted molar refractivity (Wildman–Crippen MR) is 121 cm³/mol. The second-order valence-corrected chi connectivity index (χ2v) is 8.65. The highest BCUT2D eigenvalue weighted by molar-refractivity contribution is 8.00. The Morgan fingerprint density at radius 2 is 1.90 bits per heavy atom. The molecule has 30 heavy (non-hydrogen) atoms. The third kappa shape index (κ3) is 4.07. The van der Waals surface area contributed by atoms with Crippen molar-refractivity contribution >= 4 is 23.4 Å². The molecule has 3 aromatic rings. The van der Waals surface area contributed by atoms with Crippen LogP contribution in [0.3, 0.4) is 0 Å². The summed E-state index contributed by atoms with van der Waals surface area (Å²) in [5.41, 5.74) is 7.77. The average molecular weight is 422 g/mol. The normalized spacial score (nSPS) is 17.8. The molecule has 2 aromatic carbocycles. The lowest BCUT2D eigenvalue weighted by Gasteiger charge is -2.33. The van der Waals surface area contributed by atoms with E-state index in [1.807, 2.05) is 28.9 Å². The monoisotopic (exact) mass is 421 g/mol. The van der Waals surface area contributed by atoms with Crippen molar-refractivity contribution in [2.45, 2.75) is 56.5 Å². The molecule has 0 saturated heterocycles. The molecule has 2 N–H and O–H groups in total. The first kappa shape index (κ1) is 20.5. The number of para-hydroxylation sites is 1. The first-order valence-corrected chi connectivity index (χ1v) is 11.3. The van der Waals surface area contributed by atoms with Gasteiger partial charge in [-0.3, -0.25) is 4.79 Å². The number of nitrogens with zero attached hydrogens (tertiary/aromatic N) is 3. The molecule has 0 bridgehead atoms. The van der Waals surface area contributed by atoms with E-state index >= 15 is 0 Å². The summed E-state index contributed by atoms with van der Waals surface area (Å²) < 4.78 is 1.95. The number of anilines is 1. The van der Waals surface area contributed by atoms with Gasteiger partial charge in [-0.1, -0.05) is 73.6 Å². The van der Waals surface area contributed by atoms with Gasteiger partial charge in [0.25, 0.3) is 0 Å². The topological polar surface area (TPSA) is 71.8 Å². The van der Waals surface area contributed by atoms with Crippen LogP contribution in [0.4, 0.5) is 5.69 Å². The zero-order chi connectivity index (χ0) is 21.1. The van der Waals surface area contributed by atoms with Crippen LogP contribution in [0, 0.1) is 6.92 Å². The van der Waals surface area contributed by atoms with E-state index in [2.05, 4.69) is 66.0 Å². The number of amides is 1. The SMILES string of the molecule is CCCc1nnc2n1NC(c1ccc(C)cc1)C(C(=O)Nc1ccccc1CC)S2. The van der Waals surface area contributed by atoms with E-state index in [4.69, 9.17) is 0 Å². The van der Waals surface area contributed by atoms with Gasteiger partial charge in [0.1, 0.15) is 5.25 Å². The van der Waals surface area contributed by atoms with E-state index in [1.165, 1.54) is 17.3 Å². The zero-order valence-electron chi connectivity index (χ0n) is 17.6. The third-order valence-electron chi connectivity index (χ3n) is 5.33. The smallest absolute Gasteiger partial charge is 0.240 e. The van der Waals surface area contributed by atoms with Gasteiger partial charge in [0, 0.05) is 12.1 Å². The molecule has 0 aliphatic carbocycles. The molecule has 2 atom stereocenters. The number of nitrogens with one attached hydrogen (secondary N) is 2. The number of hydrogen-bond acceptors (Lipinski definition) is 5. The molecule has 2 unspecified atom stereocenters. The summed E-state index contributed by atoms with van der Waals surface area (Å²) in [6.07, 6.45) is 2.68. The Kier molecular flexibility index (Phi) is 6.08. The van der Waals surface area contributed by atoms with E-state index in [9.17, 15) is 4.79 Å². The Bertz CT molecular complexity index is 1030. The van der Waals surface area contributed by atoms with Crippen molar-refractivity contribution in [2.24, 2.45) is 0 Å². The van der Waals surface area contributed by atoms with Gasteiger partial charge in [0.15, 0.2) is 5.82 Å². The van der Waals surface area contributed by atoms with Crippen LogP contribution in [-0.2, 0) is 17.6 Å². The molecule has 4 rings (SSSR count). The van der Waals surface area contributed by atoms with Crippen molar-refractivity contribution in [3.8, 4) is 0 Å². The molecule has 1 aliphatic heterocycles. The quantitative estimate of drug-likeness (QED) is 0.613. The van der Waals surface area contributed by atoms with E-state index in [0.717, 1.165) is 47.1 Å². The summed E-state index contributed by atoms with van der Waals surface area (Å²) in [7, 11) is 0. The second kappa shape index (κ2) is 8.92. The minimum atomic E-state index is -0.371. The van der Waals surface area contributed by atoms with E-state index < -0.39 is 0 Å². The summed E-state index contributed by atoms with van der Waals surface area (Å²) in [6, 6.07) is 16.1. The van der Waals surface area contributed by atoms with Gasteiger partial charge in [-0.15, -0.1) is 10.2 Å². The number of benzene rings is 2. The van der Waals surface area contributed by atoms with E-state index in [0.29, 0.717) is 0 Å². The summed E-state index contributed by atoms with van der Waals surface area (Å²) in [6.45, 7) is 6.28. The average Bonchev–Trinajstić information content (AvgIpc) is 3.16. The van der Waals surface area contributed by atoms with Crippen molar-refractivity contribution < 1.29 is 4.79 Å². The standard InChI is InChI=1S/C23H27N5OS/c1-4-8-19-25-26-23-28(19)27-20(17-13-11-15(3)12-14-17)21(30-23)22(29)24-18-10-7-6-9-16(18)5-2/h6-7,9-14,20-21,27H,4-5,8H2,1-3H3,(H,24,29). The van der Waals surface area contributed by atoms with Crippen LogP contribution in [0.25, 0.3) is 0 Å². The number of aryl methyl sites for hydroxylation is 3. The largest absolute Gasteiger partial charge is 0.325 e. The fraction of sp³-hybridized carbons (Fsp3) is 0.348. The lowest BCUT2D eigenvalue weighted by Crippen LogP contribution is -2.41. The summed E-state index contributed by atoms with van der Waals surface area (Å²) in [5.74, 6) is 0.859. The maximum atomic E-state index is 13.4. The van der Waals surface area contributed by atoms with Crippen LogP contribution in [0.1, 0.15) is 48.8 Å². The lowest BCUT2D eigenvalue weighted by atomic mass is 10.0. The number of hydrogen-bond donors (Lipinski definition) is 2. The van der Waals surface area contributed by atoms with Crippen LogP contribution in [0.2, 0.25) is 0 Å². The van der Waals surface area contributed by atoms with Crippen LogP contribution < -0.4 is 10.7 Å². The maximum absolute atomic E-state index is 13.4. The van der Waals surface area contributed by atoms with Gasteiger partial charge in [-0.25, -0.2) is 4.68 Å². The van der Waals surface area contributed by atoms with E-state index in [1.54, 1.807) is 0 Å². The van der Waals surface area contributed by atoms with Crippen molar-refractivity contribution in [3.05, 3.63) is 71.0 Å². The summed E-state index contributed by atoms with van der Waals surface area (Å²) in [5, 5.41) is 12.2. The zero-order valence-corrected chi connectivity index (χ0v) is 18.4. The molecular formula is C23H27N5OS. The minimum Gasteiger partial charge on any atom is -0.325 e. The van der Waals surface area contributed by atoms with Crippen molar-refractivity contribution in [1.29, 1.82) is 0 Å². The molecule has 1 amide bonds. The van der Waals surface area contributed by atoms with Crippen LogP contribution in [0.5, 0.6) is 0 Å². The van der Waals surface area contributed by atoms with Gasteiger partial charge >= 0.3 is 0 Å². The molecular weight excluding hydrogens is 394 g/mol. The van der Waals surface area contributed by atoms with Gasteiger partial charge in [-0.05, 0) is 37.0 Å². The molecule has 7 heteroatoms. The fourth-order valence-electron chi connectivity index (χ4n) is 3.66. The lowest BCUT2D eigenvalue weighted by molar-refractivity contribution is -0.116. The second-order valence-electron chi connectivity index (χ2n) is 7.54. The van der Waals surface area contributed by atoms with Crippen molar-refractivity contribution in [3.63, 3.8) is 0 Å². The van der Waals surface area contributed by atoms with Gasteiger partial charge in [0.05, 0.1) is 6.04 Å². The summed E-state index contributed by atoms with van der Waals surface area (Å²) >= 11 is 1.47. The number of carbonyl (C=O) groups excluding carboxylic acids is 1. The highest BCUT2D eigenvalue weighted by atomic mass is 32.2.